The lowest BCUT2D eigenvalue weighted by atomic mass is 10.1. The van der Waals surface area contributed by atoms with E-state index in [0.29, 0.717) is 32.0 Å². The van der Waals surface area contributed by atoms with E-state index in [1.165, 1.54) is 18.4 Å². The zero-order valence-corrected chi connectivity index (χ0v) is 16.2. The van der Waals surface area contributed by atoms with E-state index in [-0.39, 0.29) is 11.7 Å². The molecule has 0 aliphatic carbocycles. The van der Waals surface area contributed by atoms with Crippen LogP contribution in [0.4, 0.5) is 0 Å². The molecule has 0 unspecified atom stereocenters. The van der Waals surface area contributed by atoms with Crippen LogP contribution in [0.5, 0.6) is 11.5 Å². The number of para-hydroxylation sites is 1. The van der Waals surface area contributed by atoms with Crippen molar-refractivity contribution < 1.29 is 23.0 Å². The van der Waals surface area contributed by atoms with Crippen LogP contribution in [0, 0.1) is 5.92 Å². The normalized spacial score (nSPS) is 23.5. The Morgan fingerprint density at radius 3 is 2.81 bits per heavy atom. The van der Waals surface area contributed by atoms with Gasteiger partial charge < -0.3 is 14.6 Å². The van der Waals surface area contributed by atoms with E-state index >= 15 is 0 Å². The standard InChI is InChI=1S/C18H26N2O5S/c1-19(2)26(22,23)12-15-9-20(10-16(15)21)8-13-7-14-5-4-6-17(24-3)18(14)25-11-13/h4-7,15-16,21H,8-12H2,1-3H3/t15-,16-/m0/s1. The van der Waals surface area contributed by atoms with Crippen molar-refractivity contribution in [3.05, 3.63) is 29.3 Å². The van der Waals surface area contributed by atoms with Crippen molar-refractivity contribution in [1.29, 1.82) is 0 Å². The average Bonchev–Trinajstić information content (AvgIpc) is 2.92. The fourth-order valence-corrected chi connectivity index (χ4v) is 4.59. The predicted octanol–water partition coefficient (Wildman–Crippen LogP) is 0.655. The summed E-state index contributed by atoms with van der Waals surface area (Å²) in [6.07, 6.45) is 1.44. The number of benzene rings is 1. The molecule has 0 spiro atoms. The number of ether oxygens (including phenoxy) is 2. The molecule has 1 saturated heterocycles. The monoisotopic (exact) mass is 382 g/mol. The molecule has 1 fully saturated rings. The van der Waals surface area contributed by atoms with Crippen molar-refractivity contribution in [2.45, 2.75) is 6.10 Å². The molecule has 2 atom stereocenters. The summed E-state index contributed by atoms with van der Waals surface area (Å²) in [6, 6.07) is 5.76. The van der Waals surface area contributed by atoms with Crippen LogP contribution in [-0.4, -0.2) is 82.0 Å². The second-order valence-corrected chi connectivity index (χ2v) is 9.28. The first-order valence-corrected chi connectivity index (χ1v) is 10.2. The highest BCUT2D eigenvalue weighted by Crippen LogP contribution is 2.35. The maximum atomic E-state index is 12.1. The van der Waals surface area contributed by atoms with Crippen LogP contribution in [0.1, 0.15) is 5.56 Å². The summed E-state index contributed by atoms with van der Waals surface area (Å²) in [6.45, 7) is 2.12. The Hall–Kier alpha value is -1.61. The number of methoxy groups -OCH3 is 1. The van der Waals surface area contributed by atoms with E-state index in [9.17, 15) is 13.5 Å². The van der Waals surface area contributed by atoms with Gasteiger partial charge in [0.2, 0.25) is 10.0 Å². The molecule has 8 heteroatoms. The van der Waals surface area contributed by atoms with Gasteiger partial charge in [0.05, 0.1) is 19.0 Å². The summed E-state index contributed by atoms with van der Waals surface area (Å²) in [4.78, 5) is 2.08. The van der Waals surface area contributed by atoms with E-state index in [0.717, 1.165) is 16.9 Å². The number of sulfonamides is 1. The minimum atomic E-state index is -3.33. The zero-order chi connectivity index (χ0) is 18.9. The third kappa shape index (κ3) is 4.03. The summed E-state index contributed by atoms with van der Waals surface area (Å²) in [5.41, 5.74) is 2.06. The molecule has 0 amide bonds. The summed E-state index contributed by atoms with van der Waals surface area (Å²) in [5.74, 6) is 1.14. The highest BCUT2D eigenvalue weighted by atomic mass is 32.2. The van der Waals surface area contributed by atoms with E-state index in [2.05, 4.69) is 11.0 Å². The van der Waals surface area contributed by atoms with Gasteiger partial charge in [-0.05, 0) is 17.7 Å². The van der Waals surface area contributed by atoms with Crippen molar-refractivity contribution in [1.82, 2.24) is 9.21 Å². The molecule has 0 bridgehead atoms. The molecular formula is C18H26N2O5S. The summed E-state index contributed by atoms with van der Waals surface area (Å²) in [5, 5.41) is 10.3. The molecule has 144 valence electrons. The number of hydrogen-bond acceptors (Lipinski definition) is 6. The molecule has 0 radical (unpaired) electrons. The number of fused-ring (bicyclic) bond motifs is 1. The molecule has 26 heavy (non-hydrogen) atoms. The number of aliphatic hydroxyl groups excluding tert-OH is 1. The van der Waals surface area contributed by atoms with Crippen molar-refractivity contribution in [3.8, 4) is 11.5 Å². The molecular weight excluding hydrogens is 356 g/mol. The van der Waals surface area contributed by atoms with Gasteiger partial charge in [-0.2, -0.15) is 0 Å². The van der Waals surface area contributed by atoms with Gasteiger partial charge in [0, 0.05) is 45.2 Å². The van der Waals surface area contributed by atoms with Gasteiger partial charge in [-0.15, -0.1) is 0 Å². The van der Waals surface area contributed by atoms with Crippen molar-refractivity contribution >= 4 is 16.1 Å². The van der Waals surface area contributed by atoms with E-state index in [1.807, 2.05) is 18.2 Å². The lowest BCUT2D eigenvalue weighted by Crippen LogP contribution is -2.33. The van der Waals surface area contributed by atoms with Crippen LogP contribution in [0.2, 0.25) is 0 Å². The summed E-state index contributed by atoms with van der Waals surface area (Å²) in [7, 11) is 1.33. The fourth-order valence-electron chi connectivity index (χ4n) is 3.42. The number of nitrogens with zero attached hydrogens (tertiary/aromatic N) is 2. The summed E-state index contributed by atoms with van der Waals surface area (Å²) < 4.78 is 36.5. The van der Waals surface area contributed by atoms with Gasteiger partial charge in [0.1, 0.15) is 6.61 Å². The number of β-amino-alcohol motifs (C(OH)–C–C–N with tert-alkyl or cyclic N) is 1. The van der Waals surface area contributed by atoms with Crippen LogP contribution in [0.15, 0.2) is 23.8 Å². The van der Waals surface area contributed by atoms with Gasteiger partial charge in [0.15, 0.2) is 11.5 Å². The molecule has 2 aliphatic rings. The summed E-state index contributed by atoms with van der Waals surface area (Å²) >= 11 is 0. The van der Waals surface area contributed by atoms with Gasteiger partial charge in [-0.1, -0.05) is 12.1 Å². The molecule has 1 aromatic carbocycles. The second kappa shape index (κ2) is 7.56. The molecule has 7 nitrogen and oxygen atoms in total. The molecule has 2 aliphatic heterocycles. The molecule has 0 saturated carbocycles. The molecule has 0 aromatic heterocycles. The van der Waals surface area contributed by atoms with Crippen molar-refractivity contribution in [3.63, 3.8) is 0 Å². The van der Waals surface area contributed by atoms with Crippen LogP contribution < -0.4 is 9.47 Å². The first-order valence-electron chi connectivity index (χ1n) is 8.60. The highest BCUT2D eigenvalue weighted by molar-refractivity contribution is 7.89. The van der Waals surface area contributed by atoms with E-state index < -0.39 is 16.1 Å². The maximum absolute atomic E-state index is 12.1. The lowest BCUT2D eigenvalue weighted by molar-refractivity contribution is 0.149. The highest BCUT2D eigenvalue weighted by Gasteiger charge is 2.35. The molecule has 2 heterocycles. The number of hydrogen-bond donors (Lipinski definition) is 1. The first-order chi connectivity index (χ1) is 12.3. The Morgan fingerprint density at radius 2 is 2.12 bits per heavy atom. The smallest absolute Gasteiger partial charge is 0.214 e. The van der Waals surface area contributed by atoms with Crippen LogP contribution >= 0.6 is 0 Å². The Morgan fingerprint density at radius 1 is 1.35 bits per heavy atom. The molecule has 1 aromatic rings. The van der Waals surface area contributed by atoms with Crippen LogP contribution in [0.25, 0.3) is 6.08 Å². The quantitative estimate of drug-likeness (QED) is 0.779. The third-order valence-corrected chi connectivity index (χ3v) is 6.84. The van der Waals surface area contributed by atoms with Gasteiger partial charge in [-0.25, -0.2) is 12.7 Å². The largest absolute Gasteiger partial charge is 0.493 e. The SMILES string of the molecule is COc1cccc2c1OCC(CN1C[C@@H](CS(=O)(=O)N(C)C)[C@@H](O)C1)=C2. The van der Waals surface area contributed by atoms with Crippen LogP contribution in [0.3, 0.4) is 0 Å². The molecule has 1 N–H and O–H groups in total. The van der Waals surface area contributed by atoms with Crippen molar-refractivity contribution in [2.75, 3.05) is 53.2 Å². The zero-order valence-electron chi connectivity index (χ0n) is 15.4. The van der Waals surface area contributed by atoms with Gasteiger partial charge >= 0.3 is 0 Å². The Balaban J connectivity index is 1.66. The van der Waals surface area contributed by atoms with Gasteiger partial charge in [0.25, 0.3) is 0 Å². The number of rotatable bonds is 6. The van der Waals surface area contributed by atoms with E-state index in [4.69, 9.17) is 9.47 Å². The second-order valence-electron chi connectivity index (χ2n) is 7.05. The minimum absolute atomic E-state index is 0.0345. The Kier molecular flexibility index (Phi) is 5.57. The van der Waals surface area contributed by atoms with Crippen molar-refractivity contribution in [2.24, 2.45) is 5.92 Å². The molecule has 3 rings (SSSR count). The van der Waals surface area contributed by atoms with E-state index in [1.54, 1.807) is 7.11 Å². The Bertz CT molecular complexity index is 791. The maximum Gasteiger partial charge on any atom is 0.214 e. The average molecular weight is 382 g/mol. The minimum Gasteiger partial charge on any atom is -0.493 e. The first kappa shape index (κ1) is 19.2. The number of aliphatic hydroxyl groups is 1. The Labute approximate surface area is 154 Å². The number of likely N-dealkylation sites (tertiary alicyclic amines) is 1. The predicted molar refractivity (Wildman–Crippen MR) is 99.9 cm³/mol. The van der Waals surface area contributed by atoms with Gasteiger partial charge in [-0.3, -0.25) is 4.90 Å². The third-order valence-electron chi connectivity index (χ3n) is 4.88. The van der Waals surface area contributed by atoms with Crippen LogP contribution in [-0.2, 0) is 10.0 Å². The topological polar surface area (TPSA) is 79.3 Å². The fraction of sp³-hybridized carbons (Fsp3) is 0.556. The lowest BCUT2D eigenvalue weighted by Gasteiger charge is -2.23.